The van der Waals surface area contributed by atoms with Crippen LogP contribution in [0.5, 0.6) is 0 Å². The van der Waals surface area contributed by atoms with Crippen LogP contribution in [0.2, 0.25) is 0 Å². The van der Waals surface area contributed by atoms with E-state index in [2.05, 4.69) is 0 Å². The summed E-state index contributed by atoms with van der Waals surface area (Å²) in [5.74, 6) is 0. The molecule has 0 saturated carbocycles. The number of hydrogen-bond acceptors (Lipinski definition) is 0. The van der Waals surface area contributed by atoms with E-state index >= 15 is 0 Å². The zero-order valence-corrected chi connectivity index (χ0v) is 126. The van der Waals surface area contributed by atoms with Crippen LogP contribution in [0.3, 0.4) is 0 Å². The summed E-state index contributed by atoms with van der Waals surface area (Å²) in [4.78, 5) is 0. The molecule has 0 nitrogen and oxygen atoms in total. The smallest absolute Gasteiger partial charge is 0 e. The largest absolute Gasteiger partial charge is 0 e. The molecular formula is Cu70Ni30. The molecule has 0 heterocycles. The molecule has 0 rings (SSSR count). The van der Waals surface area contributed by atoms with Gasteiger partial charge in [-0.25, -0.2) is 0 Å². The maximum Gasteiger partial charge on any atom is 0 e. The summed E-state index contributed by atoms with van der Waals surface area (Å²) in [5.41, 5.74) is 0. The van der Waals surface area contributed by atoms with Gasteiger partial charge in [0, 0.05) is 1690 Å². The second-order valence-electron chi connectivity index (χ2n) is 0. The zero-order chi connectivity index (χ0) is 0. The molecule has 0 aromatic rings. The van der Waals surface area contributed by atoms with Crippen LogP contribution in [-0.2, 0) is 1690 Å². The van der Waals surface area contributed by atoms with Crippen LogP contribution < -0.4 is 0 Å². The van der Waals surface area contributed by atoms with Crippen LogP contribution in [0.15, 0.2) is 0 Å². The molecule has 0 aromatic heterocycles. The van der Waals surface area contributed by atoms with E-state index in [1.807, 2.05) is 0 Å². The topological polar surface area (TPSA) is 0 Å². The molecule has 0 bridgehead atoms. The van der Waals surface area contributed by atoms with Crippen LogP contribution in [-0.4, -0.2) is 0 Å². The summed E-state index contributed by atoms with van der Waals surface area (Å²) in [6.07, 6.45) is 0. The summed E-state index contributed by atoms with van der Waals surface area (Å²) in [5, 5.41) is 0. The molecule has 0 aliphatic heterocycles. The molecule has 0 unspecified atom stereocenters. The van der Waals surface area contributed by atoms with E-state index in [1.165, 1.54) is 0 Å². The monoisotopic (exact) mass is 6140 g/mol. The Bertz CT molecular complexity index is 88.1. The Morgan fingerprint density at radius 3 is 0.0200 bits per heavy atom. The Morgan fingerprint density at radius 1 is 0.0200 bits per heavy atom. The van der Waals surface area contributed by atoms with E-state index < -0.39 is 0 Å². The molecule has 70 radical (unpaired) electrons. The molecular weight excluding hydrogens is 6210 g/mol. The third-order valence-electron chi connectivity index (χ3n) is 0. The molecule has 1070 valence electrons. The Kier molecular flexibility index (Phi) is 16600. The van der Waals surface area contributed by atoms with Crippen LogP contribution in [0, 0.1) is 0 Å². The van der Waals surface area contributed by atoms with Crippen LogP contribution in [0.25, 0.3) is 0 Å². The maximum atomic E-state index is 0. The Balaban J connectivity index is 0. The first-order valence-corrected chi connectivity index (χ1v) is 0. The Labute approximate surface area is 1640 Å². The van der Waals surface area contributed by atoms with E-state index in [0.29, 0.717) is 0 Å². The molecule has 0 aromatic carbocycles. The average molecular weight is 6210 g/mol. The quantitative estimate of drug-likeness (QED) is 0.295. The first-order chi connectivity index (χ1) is 0. The zero-order valence-electron chi connectivity index (χ0n) is 30.6. The second-order valence-corrected chi connectivity index (χ2v) is 0. The molecule has 0 saturated heterocycles. The molecule has 0 atom stereocenters. The average Bonchev–Trinajstić information content (AvgIpc) is 0. The number of hydrogen-bond donors (Lipinski definition) is 0. The molecule has 100 heteroatoms. The van der Waals surface area contributed by atoms with Gasteiger partial charge >= 0.3 is 0 Å². The van der Waals surface area contributed by atoms with Crippen LogP contribution >= 0.6 is 0 Å². The van der Waals surface area contributed by atoms with Crippen molar-refractivity contribution in [2.24, 2.45) is 0 Å². The minimum Gasteiger partial charge on any atom is 0 e. The fourth-order valence-corrected chi connectivity index (χ4v) is 0. The molecule has 0 amide bonds. The minimum atomic E-state index is 0. The van der Waals surface area contributed by atoms with Gasteiger partial charge in [0.25, 0.3) is 0 Å². The van der Waals surface area contributed by atoms with E-state index in [1.54, 1.807) is 0 Å². The molecule has 0 spiro atoms. The third kappa shape index (κ3) is 1250. The van der Waals surface area contributed by atoms with Gasteiger partial charge in [0.05, 0.1) is 0 Å². The Hall–Kier alpha value is 51.2. The van der Waals surface area contributed by atoms with E-state index in [9.17, 15) is 0 Å². The van der Waals surface area contributed by atoms with Gasteiger partial charge in [-0.3, -0.25) is 0 Å². The van der Waals surface area contributed by atoms with Crippen LogP contribution in [0.1, 0.15) is 0 Å². The number of rotatable bonds is 0. The van der Waals surface area contributed by atoms with Gasteiger partial charge in [-0.1, -0.05) is 0 Å². The summed E-state index contributed by atoms with van der Waals surface area (Å²) in [6, 6.07) is 0. The fraction of sp³-hybridized carbons (Fsp3) is 0. The standard InChI is InChI=1S/70Cu.30Ni. The van der Waals surface area contributed by atoms with Crippen molar-refractivity contribution in [3.05, 3.63) is 0 Å². The second kappa shape index (κ2) is 1280. The van der Waals surface area contributed by atoms with Crippen molar-refractivity contribution in [3.63, 3.8) is 0 Å². The summed E-state index contributed by atoms with van der Waals surface area (Å²) in [6.45, 7) is 0. The van der Waals surface area contributed by atoms with Gasteiger partial charge in [0.15, 0.2) is 0 Å². The predicted octanol–water partition coefficient (Wildman–Crippen LogP) is -0.250. The SMILES string of the molecule is [Cu].[Cu].[Cu].[Cu].[Cu].[Cu].[Cu].[Cu].[Cu].[Cu].[Cu].[Cu].[Cu].[Cu].[Cu].[Cu].[Cu].[Cu].[Cu].[Cu].[Cu].[Cu].[Cu].[Cu].[Cu].[Cu].[Cu].[Cu].[Cu].[Cu].[Cu].[Cu].[Cu].[Cu].[Cu].[Cu].[Cu].[Cu].[Cu].[Cu].[Cu].[Cu].[Cu].[Cu].[Cu].[Cu].[Cu].[Cu].[Cu].[Cu].[Cu].[Cu].[Cu].[Cu].[Cu].[Cu].[Cu].[Cu].[Cu].[Cu].[Cu].[Cu].[Cu].[Cu].[Cu].[Cu].[Cu].[Cu].[Cu].[Cu].[Ni].[Ni].[Ni].[Ni].[Ni].[Ni].[Ni].[Ni].[Ni].[Ni].[Ni].[Ni].[Ni].[Ni].[Ni].[Ni].[Ni].[Ni].[Ni].[Ni].[Ni].[Ni].[Ni].[Ni].[Ni].[Ni].[Ni].[Ni].[Ni].[Ni]. The molecule has 0 aliphatic rings. The first-order valence-electron chi connectivity index (χ1n) is 0. The predicted molar refractivity (Wildman–Crippen MR) is 0 cm³/mol. The molecule has 100 heavy (non-hydrogen) atoms. The van der Waals surface area contributed by atoms with Crippen molar-refractivity contribution in [2.45, 2.75) is 0 Å². The van der Waals surface area contributed by atoms with Crippen molar-refractivity contribution in [1.82, 2.24) is 0 Å². The van der Waals surface area contributed by atoms with Gasteiger partial charge in [-0.05, 0) is 0 Å². The Morgan fingerprint density at radius 2 is 0.0200 bits per heavy atom. The maximum absolute atomic E-state index is 0. The van der Waals surface area contributed by atoms with Crippen LogP contribution in [0.4, 0.5) is 0 Å². The van der Waals surface area contributed by atoms with Crippen molar-refractivity contribution < 1.29 is 1690 Å². The first kappa shape index (κ1) is 1300. The van der Waals surface area contributed by atoms with Crippen molar-refractivity contribution >= 4 is 0 Å². The van der Waals surface area contributed by atoms with Gasteiger partial charge in [0.1, 0.15) is 0 Å². The van der Waals surface area contributed by atoms with Crippen molar-refractivity contribution in [2.75, 3.05) is 0 Å². The molecule has 0 N–H and O–H groups in total. The summed E-state index contributed by atoms with van der Waals surface area (Å²) >= 11 is 0. The van der Waals surface area contributed by atoms with Crippen molar-refractivity contribution in [1.29, 1.82) is 0 Å². The minimum absolute atomic E-state index is 0. The fourth-order valence-electron chi connectivity index (χ4n) is 0. The summed E-state index contributed by atoms with van der Waals surface area (Å²) < 4.78 is 0. The normalized spacial score (nSPS) is 0. The van der Waals surface area contributed by atoms with Crippen molar-refractivity contribution in [3.8, 4) is 0 Å². The third-order valence-corrected chi connectivity index (χ3v) is 0. The van der Waals surface area contributed by atoms with E-state index in [-0.39, 0.29) is 1690 Å². The molecule has 0 aliphatic carbocycles. The summed E-state index contributed by atoms with van der Waals surface area (Å²) in [7, 11) is 0. The van der Waals surface area contributed by atoms with E-state index in [0.717, 1.165) is 0 Å². The van der Waals surface area contributed by atoms with E-state index in [4.69, 9.17) is 0 Å². The van der Waals surface area contributed by atoms with Gasteiger partial charge in [-0.15, -0.1) is 0 Å². The van der Waals surface area contributed by atoms with Gasteiger partial charge < -0.3 is 0 Å². The van der Waals surface area contributed by atoms with Gasteiger partial charge in [0.2, 0.25) is 0 Å². The molecule has 0 fully saturated rings. The van der Waals surface area contributed by atoms with Gasteiger partial charge in [-0.2, -0.15) is 0 Å².